The zero-order valence-corrected chi connectivity index (χ0v) is 6.47. The highest BCUT2D eigenvalue weighted by molar-refractivity contribution is 5.72. The molecule has 0 N–H and O–H groups in total. The van der Waals surface area contributed by atoms with Crippen molar-refractivity contribution < 1.29 is 13.2 Å². The lowest BCUT2D eigenvalue weighted by molar-refractivity contribution is -0.137. The Balaban J connectivity index is 2.59. The summed E-state index contributed by atoms with van der Waals surface area (Å²) >= 11 is 0. The van der Waals surface area contributed by atoms with Gasteiger partial charge in [-0.05, 0) is 18.2 Å². The molecule has 1 heterocycles. The SMILES string of the molecule is FC(F)(F)c1cccc2c1C=C[N]2. The van der Waals surface area contributed by atoms with Gasteiger partial charge in [-0.25, -0.2) is 0 Å². The van der Waals surface area contributed by atoms with Gasteiger partial charge in [-0.15, -0.1) is 0 Å². The van der Waals surface area contributed by atoms with Crippen LogP contribution in [0.4, 0.5) is 18.9 Å². The van der Waals surface area contributed by atoms with E-state index < -0.39 is 11.7 Å². The van der Waals surface area contributed by atoms with Gasteiger partial charge in [0, 0.05) is 11.8 Å². The topological polar surface area (TPSA) is 14.1 Å². The van der Waals surface area contributed by atoms with Crippen LogP contribution in [0.15, 0.2) is 24.4 Å². The molecule has 0 aromatic heterocycles. The number of alkyl halides is 3. The minimum absolute atomic E-state index is 0.162. The fraction of sp³-hybridized carbons (Fsp3) is 0.111. The van der Waals surface area contributed by atoms with E-state index in [9.17, 15) is 13.2 Å². The van der Waals surface area contributed by atoms with E-state index in [0.717, 1.165) is 6.07 Å². The van der Waals surface area contributed by atoms with Gasteiger partial charge in [0.25, 0.3) is 0 Å². The van der Waals surface area contributed by atoms with Gasteiger partial charge in [0.15, 0.2) is 0 Å². The molecule has 0 amide bonds. The summed E-state index contributed by atoms with van der Waals surface area (Å²) in [6, 6.07) is 3.98. The summed E-state index contributed by atoms with van der Waals surface area (Å²) in [7, 11) is 0. The molecule has 0 bridgehead atoms. The first kappa shape index (κ1) is 8.16. The van der Waals surface area contributed by atoms with Gasteiger partial charge in [-0.2, -0.15) is 13.2 Å². The molecule has 0 unspecified atom stereocenters. The highest BCUT2D eigenvalue weighted by Gasteiger charge is 2.34. The molecule has 0 aliphatic carbocycles. The first-order valence-corrected chi connectivity index (χ1v) is 3.66. The Kier molecular flexibility index (Phi) is 1.58. The van der Waals surface area contributed by atoms with Crippen LogP contribution >= 0.6 is 0 Å². The van der Waals surface area contributed by atoms with Crippen LogP contribution in [0.2, 0.25) is 0 Å². The average Bonchev–Trinajstić information content (AvgIpc) is 2.48. The molecule has 0 atom stereocenters. The summed E-state index contributed by atoms with van der Waals surface area (Å²) in [5, 5.41) is 3.79. The highest BCUT2D eigenvalue weighted by atomic mass is 19.4. The van der Waals surface area contributed by atoms with Crippen LogP contribution in [0, 0.1) is 0 Å². The van der Waals surface area contributed by atoms with Crippen molar-refractivity contribution >= 4 is 11.8 Å². The molecule has 1 radical (unpaired) electrons. The molecule has 4 heteroatoms. The van der Waals surface area contributed by atoms with Crippen molar-refractivity contribution in [2.45, 2.75) is 6.18 Å². The molecule has 0 spiro atoms. The maximum absolute atomic E-state index is 12.4. The quantitative estimate of drug-likeness (QED) is 0.588. The Morgan fingerprint density at radius 1 is 1.15 bits per heavy atom. The van der Waals surface area contributed by atoms with Crippen LogP contribution in [0.1, 0.15) is 11.1 Å². The summed E-state index contributed by atoms with van der Waals surface area (Å²) in [6.07, 6.45) is -1.55. The molecular weight excluding hydrogens is 179 g/mol. The Morgan fingerprint density at radius 2 is 1.92 bits per heavy atom. The summed E-state index contributed by atoms with van der Waals surface area (Å²) in [5.74, 6) is 0. The first-order chi connectivity index (χ1) is 6.09. The first-order valence-electron chi connectivity index (χ1n) is 3.66. The predicted molar refractivity (Wildman–Crippen MR) is 42.3 cm³/mol. The minimum atomic E-state index is -4.30. The number of fused-ring (bicyclic) bond motifs is 1. The molecule has 0 fully saturated rings. The fourth-order valence-electron chi connectivity index (χ4n) is 1.28. The monoisotopic (exact) mass is 184 g/mol. The molecule has 67 valence electrons. The van der Waals surface area contributed by atoms with E-state index in [-0.39, 0.29) is 5.56 Å². The maximum atomic E-state index is 12.4. The van der Waals surface area contributed by atoms with Crippen LogP contribution in [0.5, 0.6) is 0 Å². The van der Waals surface area contributed by atoms with Crippen molar-refractivity contribution in [1.82, 2.24) is 5.32 Å². The van der Waals surface area contributed by atoms with E-state index in [0.29, 0.717) is 5.69 Å². The van der Waals surface area contributed by atoms with Crippen molar-refractivity contribution in [3.05, 3.63) is 35.5 Å². The van der Waals surface area contributed by atoms with Crippen LogP contribution < -0.4 is 5.32 Å². The van der Waals surface area contributed by atoms with Gasteiger partial charge in [0.05, 0.1) is 11.3 Å². The van der Waals surface area contributed by atoms with Gasteiger partial charge in [-0.1, -0.05) is 6.07 Å². The number of halogens is 3. The third-order valence-electron chi connectivity index (χ3n) is 1.84. The molecule has 13 heavy (non-hydrogen) atoms. The molecule has 1 aliphatic rings. The molecule has 1 nitrogen and oxygen atoms in total. The van der Waals surface area contributed by atoms with Gasteiger partial charge in [0.2, 0.25) is 0 Å². The number of rotatable bonds is 0. The Labute approximate surface area is 72.9 Å². The van der Waals surface area contributed by atoms with Gasteiger partial charge in [-0.3, -0.25) is 5.32 Å². The van der Waals surface area contributed by atoms with Crippen molar-refractivity contribution in [2.75, 3.05) is 0 Å². The molecule has 1 aliphatic heterocycles. The van der Waals surface area contributed by atoms with Gasteiger partial charge >= 0.3 is 6.18 Å². The van der Waals surface area contributed by atoms with Crippen molar-refractivity contribution in [3.8, 4) is 0 Å². The lowest BCUT2D eigenvalue weighted by atomic mass is 10.1. The van der Waals surface area contributed by atoms with E-state index in [1.165, 1.54) is 18.3 Å². The largest absolute Gasteiger partial charge is 0.417 e. The summed E-state index contributed by atoms with van der Waals surface area (Å²) in [6.45, 7) is 0. The summed E-state index contributed by atoms with van der Waals surface area (Å²) < 4.78 is 37.1. The van der Waals surface area contributed by atoms with Crippen LogP contribution in [-0.2, 0) is 6.18 Å². The normalized spacial score (nSPS) is 14.1. The molecule has 0 saturated carbocycles. The second-order valence-corrected chi connectivity index (χ2v) is 2.68. The molecule has 2 rings (SSSR count). The minimum Gasteiger partial charge on any atom is -0.256 e. The number of hydrogen-bond acceptors (Lipinski definition) is 0. The van der Waals surface area contributed by atoms with Crippen molar-refractivity contribution in [2.24, 2.45) is 0 Å². The predicted octanol–water partition coefficient (Wildman–Crippen LogP) is 2.93. The lowest BCUT2D eigenvalue weighted by Crippen LogP contribution is -2.06. The Bertz CT molecular complexity index is 366. The van der Waals surface area contributed by atoms with E-state index in [1.807, 2.05) is 0 Å². The number of hydrogen-bond donors (Lipinski definition) is 0. The highest BCUT2D eigenvalue weighted by Crippen LogP contribution is 2.37. The van der Waals surface area contributed by atoms with E-state index in [1.54, 1.807) is 6.07 Å². The third-order valence-corrected chi connectivity index (χ3v) is 1.84. The fourth-order valence-corrected chi connectivity index (χ4v) is 1.28. The van der Waals surface area contributed by atoms with Crippen LogP contribution in [0.3, 0.4) is 0 Å². The number of benzene rings is 1. The molecular formula is C9H5F3N. The van der Waals surface area contributed by atoms with Crippen molar-refractivity contribution in [1.29, 1.82) is 0 Å². The zero-order valence-electron chi connectivity index (χ0n) is 6.47. The standard InChI is InChI=1S/C9H5F3N/c10-9(11,12)7-2-1-3-8-6(7)4-5-13-8/h1-5H. The summed E-state index contributed by atoms with van der Waals surface area (Å²) in [5.41, 5.74) is -0.0766. The van der Waals surface area contributed by atoms with Crippen LogP contribution in [0.25, 0.3) is 6.08 Å². The number of nitrogens with zero attached hydrogens (tertiary/aromatic N) is 1. The second-order valence-electron chi connectivity index (χ2n) is 2.68. The molecule has 0 saturated heterocycles. The van der Waals surface area contributed by atoms with Gasteiger partial charge < -0.3 is 0 Å². The van der Waals surface area contributed by atoms with E-state index >= 15 is 0 Å². The smallest absolute Gasteiger partial charge is 0.256 e. The zero-order chi connectivity index (χ0) is 9.47. The lowest BCUT2D eigenvalue weighted by Gasteiger charge is -2.09. The Hall–Kier alpha value is -1.45. The van der Waals surface area contributed by atoms with Crippen LogP contribution in [-0.4, -0.2) is 0 Å². The Morgan fingerprint density at radius 3 is 2.62 bits per heavy atom. The van der Waals surface area contributed by atoms with Crippen molar-refractivity contribution in [3.63, 3.8) is 0 Å². The second kappa shape index (κ2) is 2.52. The molecule has 1 aromatic carbocycles. The van der Waals surface area contributed by atoms with Gasteiger partial charge in [0.1, 0.15) is 0 Å². The van der Waals surface area contributed by atoms with E-state index in [2.05, 4.69) is 5.32 Å². The molecule has 1 aromatic rings. The average molecular weight is 184 g/mol. The third kappa shape index (κ3) is 1.28. The van der Waals surface area contributed by atoms with E-state index in [4.69, 9.17) is 0 Å². The maximum Gasteiger partial charge on any atom is 0.417 e. The summed E-state index contributed by atoms with van der Waals surface area (Å²) in [4.78, 5) is 0.